The Morgan fingerprint density at radius 2 is 1.88 bits per heavy atom. The van der Waals surface area contributed by atoms with Gasteiger partial charge in [0.1, 0.15) is 29.2 Å². The van der Waals surface area contributed by atoms with Gasteiger partial charge in [0.15, 0.2) is 14.9 Å². The number of sulfone groups is 1. The number of carbonyl (C=O) groups excluding carboxylic acids is 1. The number of nitrogens with one attached hydrogen (secondary N) is 1. The molecule has 0 aliphatic carbocycles. The molecule has 2 N–H and O–H groups in total. The molecule has 0 radical (unpaired) electrons. The smallest absolute Gasteiger partial charge is 0.257 e. The first kappa shape index (κ1) is 23.2. The van der Waals surface area contributed by atoms with Crippen LogP contribution in [0.4, 0.5) is 5.82 Å². The van der Waals surface area contributed by atoms with Crippen molar-refractivity contribution in [3.8, 4) is 17.2 Å². The molecular formula is C22H23N3O6S. The average molecular weight is 458 g/mol. The lowest BCUT2D eigenvalue weighted by molar-refractivity contribution is 0.102. The Labute approximate surface area is 186 Å². The summed E-state index contributed by atoms with van der Waals surface area (Å²) in [6, 6.07) is 12.6. The van der Waals surface area contributed by atoms with Crippen LogP contribution >= 0.6 is 0 Å². The second kappa shape index (κ2) is 10.2. The maximum Gasteiger partial charge on any atom is 0.257 e. The number of pyridine rings is 2. The van der Waals surface area contributed by atoms with Crippen LogP contribution in [-0.4, -0.2) is 47.9 Å². The molecule has 0 spiro atoms. The van der Waals surface area contributed by atoms with Crippen LogP contribution in [0.2, 0.25) is 0 Å². The molecule has 168 valence electrons. The minimum Gasteiger partial charge on any atom is -0.488 e. The first-order valence-corrected chi connectivity index (χ1v) is 11.5. The Balaban J connectivity index is 1.88. The number of rotatable bonds is 9. The molecule has 3 rings (SSSR count). The summed E-state index contributed by atoms with van der Waals surface area (Å²) in [6.45, 7) is 3.01. The van der Waals surface area contributed by atoms with Crippen LogP contribution in [0.3, 0.4) is 0 Å². The number of aliphatic hydroxyl groups excluding tert-OH is 1. The van der Waals surface area contributed by atoms with Gasteiger partial charge in [0.05, 0.1) is 18.6 Å². The highest BCUT2D eigenvalue weighted by Crippen LogP contribution is 2.29. The monoisotopic (exact) mass is 457 g/mol. The number of ether oxygens (including phenoxy) is 2. The molecular weight excluding hydrogens is 434 g/mol. The van der Waals surface area contributed by atoms with Crippen molar-refractivity contribution in [2.45, 2.75) is 25.0 Å². The van der Waals surface area contributed by atoms with Gasteiger partial charge in [-0.25, -0.2) is 18.4 Å². The number of aliphatic hydroxyl groups is 1. The highest BCUT2D eigenvalue weighted by Gasteiger charge is 2.15. The lowest BCUT2D eigenvalue weighted by Gasteiger charge is -2.15. The van der Waals surface area contributed by atoms with E-state index in [0.29, 0.717) is 11.6 Å². The highest BCUT2D eigenvalue weighted by molar-refractivity contribution is 7.91. The summed E-state index contributed by atoms with van der Waals surface area (Å²) in [5, 5.41) is 11.9. The topological polar surface area (TPSA) is 128 Å². The molecule has 0 saturated carbocycles. The van der Waals surface area contributed by atoms with Crippen molar-refractivity contribution >= 4 is 21.6 Å². The number of aromatic nitrogens is 2. The maximum atomic E-state index is 12.7. The van der Waals surface area contributed by atoms with E-state index in [1.165, 1.54) is 37.4 Å². The molecule has 0 bridgehead atoms. The van der Waals surface area contributed by atoms with Crippen molar-refractivity contribution in [3.63, 3.8) is 0 Å². The lowest BCUT2D eigenvalue weighted by atomic mass is 10.2. The molecule has 3 aromatic rings. The molecule has 1 atom stereocenters. The molecule has 9 nitrogen and oxygen atoms in total. The van der Waals surface area contributed by atoms with E-state index in [1.54, 1.807) is 37.4 Å². The van der Waals surface area contributed by atoms with Crippen molar-refractivity contribution in [1.82, 2.24) is 9.97 Å². The van der Waals surface area contributed by atoms with E-state index in [-0.39, 0.29) is 34.4 Å². The number of hydrogen-bond acceptors (Lipinski definition) is 8. The van der Waals surface area contributed by atoms with Crippen molar-refractivity contribution in [1.29, 1.82) is 0 Å². The minimum absolute atomic E-state index is 0.0448. The van der Waals surface area contributed by atoms with E-state index in [1.807, 2.05) is 0 Å². The normalized spacial score (nSPS) is 12.1. The zero-order valence-electron chi connectivity index (χ0n) is 17.6. The molecule has 0 fully saturated rings. The van der Waals surface area contributed by atoms with E-state index in [2.05, 4.69) is 15.3 Å². The van der Waals surface area contributed by atoms with Crippen LogP contribution in [0.15, 0.2) is 66.0 Å². The Morgan fingerprint density at radius 1 is 1.09 bits per heavy atom. The predicted molar refractivity (Wildman–Crippen MR) is 118 cm³/mol. The van der Waals surface area contributed by atoms with Crippen LogP contribution in [0.1, 0.15) is 24.2 Å². The van der Waals surface area contributed by atoms with E-state index in [4.69, 9.17) is 9.47 Å². The van der Waals surface area contributed by atoms with Gasteiger partial charge < -0.3 is 19.9 Å². The molecule has 1 amide bonds. The molecule has 1 aromatic carbocycles. The number of benzene rings is 1. The summed E-state index contributed by atoms with van der Waals surface area (Å²) < 4.78 is 35.3. The summed E-state index contributed by atoms with van der Waals surface area (Å²) in [5.74, 6) is 0.755. The molecule has 2 heterocycles. The second-order valence-corrected chi connectivity index (χ2v) is 9.04. The second-order valence-electron chi connectivity index (χ2n) is 6.81. The SMILES string of the molecule is CCS(=O)(=O)c1ccc(Oc2cc(O[C@@H](C)CO)cc(C(=O)Nc3ccccn3)c2)cn1. The summed E-state index contributed by atoms with van der Waals surface area (Å²) in [6.07, 6.45) is 2.35. The van der Waals surface area contributed by atoms with E-state index >= 15 is 0 Å². The third-order valence-electron chi connectivity index (χ3n) is 4.29. The predicted octanol–water partition coefficient (Wildman–Crippen LogP) is 3.07. The van der Waals surface area contributed by atoms with Gasteiger partial charge in [-0.15, -0.1) is 0 Å². The van der Waals surface area contributed by atoms with Crippen molar-refractivity contribution in [3.05, 3.63) is 66.5 Å². The summed E-state index contributed by atoms with van der Waals surface area (Å²) >= 11 is 0. The van der Waals surface area contributed by atoms with Gasteiger partial charge >= 0.3 is 0 Å². The lowest BCUT2D eigenvalue weighted by Crippen LogP contribution is -2.17. The third-order valence-corrected chi connectivity index (χ3v) is 5.93. The van der Waals surface area contributed by atoms with Crippen LogP contribution in [-0.2, 0) is 9.84 Å². The molecule has 2 aromatic heterocycles. The van der Waals surface area contributed by atoms with Crippen molar-refractivity contribution in [2.24, 2.45) is 0 Å². The number of carbonyl (C=O) groups is 1. The van der Waals surface area contributed by atoms with Gasteiger partial charge in [0, 0.05) is 17.8 Å². The largest absolute Gasteiger partial charge is 0.488 e. The zero-order chi connectivity index (χ0) is 23.1. The van der Waals surface area contributed by atoms with Crippen LogP contribution in [0.25, 0.3) is 0 Å². The fraction of sp³-hybridized carbons (Fsp3) is 0.227. The first-order valence-electron chi connectivity index (χ1n) is 9.82. The van der Waals surface area contributed by atoms with Gasteiger partial charge in [-0.05, 0) is 43.3 Å². The van der Waals surface area contributed by atoms with Crippen molar-refractivity contribution < 1.29 is 27.8 Å². The van der Waals surface area contributed by atoms with E-state index in [9.17, 15) is 18.3 Å². The summed E-state index contributed by atoms with van der Waals surface area (Å²) in [7, 11) is -3.43. The fourth-order valence-corrected chi connectivity index (χ4v) is 3.40. The van der Waals surface area contributed by atoms with Gasteiger partial charge in [-0.2, -0.15) is 0 Å². The van der Waals surface area contributed by atoms with Crippen LogP contribution < -0.4 is 14.8 Å². The van der Waals surface area contributed by atoms with Crippen molar-refractivity contribution in [2.75, 3.05) is 17.7 Å². The zero-order valence-corrected chi connectivity index (χ0v) is 18.4. The fourth-order valence-electron chi connectivity index (χ4n) is 2.62. The molecule has 0 aliphatic rings. The molecule has 0 saturated heterocycles. The number of amides is 1. The Kier molecular flexibility index (Phi) is 7.39. The molecule has 0 unspecified atom stereocenters. The maximum absolute atomic E-state index is 12.7. The van der Waals surface area contributed by atoms with Gasteiger partial charge in [0.25, 0.3) is 5.91 Å². The number of anilines is 1. The highest BCUT2D eigenvalue weighted by atomic mass is 32.2. The molecule has 10 heteroatoms. The first-order chi connectivity index (χ1) is 15.3. The quantitative estimate of drug-likeness (QED) is 0.502. The Bertz CT molecular complexity index is 1170. The van der Waals surface area contributed by atoms with Gasteiger partial charge in [-0.3, -0.25) is 4.79 Å². The van der Waals surface area contributed by atoms with Gasteiger partial charge in [-0.1, -0.05) is 13.0 Å². The Hall–Kier alpha value is -3.50. The van der Waals surface area contributed by atoms with Crippen LogP contribution in [0, 0.1) is 0 Å². The Morgan fingerprint density at radius 3 is 2.50 bits per heavy atom. The average Bonchev–Trinajstić information content (AvgIpc) is 2.80. The number of nitrogens with zero attached hydrogens (tertiary/aromatic N) is 2. The van der Waals surface area contributed by atoms with E-state index < -0.39 is 21.8 Å². The molecule has 0 aliphatic heterocycles. The molecule has 32 heavy (non-hydrogen) atoms. The minimum atomic E-state index is -3.43. The third kappa shape index (κ3) is 6.02. The van der Waals surface area contributed by atoms with E-state index in [0.717, 1.165) is 0 Å². The van der Waals surface area contributed by atoms with Crippen LogP contribution in [0.5, 0.6) is 17.2 Å². The summed E-state index contributed by atoms with van der Waals surface area (Å²) in [5.41, 5.74) is 0.242. The standard InChI is InChI=1S/C22H23N3O6S/c1-3-32(28,29)21-8-7-17(13-24-21)31-19-11-16(10-18(12-19)30-15(2)14-26)22(27)25-20-6-4-5-9-23-20/h4-13,15,26H,3,14H2,1-2H3,(H,23,25,27)/t15-/m0/s1. The van der Waals surface area contributed by atoms with Gasteiger partial charge in [0.2, 0.25) is 0 Å². The summed E-state index contributed by atoms with van der Waals surface area (Å²) in [4.78, 5) is 20.7. The number of hydrogen-bond donors (Lipinski definition) is 2.